The lowest BCUT2D eigenvalue weighted by atomic mass is 10.1. The SMILES string of the molecule is Cc1cc(C(=O)CN2C[C@@H](C)O[C@@H](C)C2)c(C)[nH]1. The molecule has 0 saturated carbocycles. The normalized spacial score (nSPS) is 25.3. The average Bonchev–Trinajstić information content (AvgIpc) is 2.56. The van der Waals surface area contributed by atoms with Crippen LogP contribution in [0, 0.1) is 13.8 Å². The smallest absolute Gasteiger partial charge is 0.178 e. The Balaban J connectivity index is 2.01. The van der Waals surface area contributed by atoms with E-state index in [0.29, 0.717) is 6.54 Å². The number of carbonyl (C=O) groups excluding carboxylic acids is 1. The van der Waals surface area contributed by atoms with E-state index >= 15 is 0 Å². The quantitative estimate of drug-likeness (QED) is 0.834. The van der Waals surface area contributed by atoms with Crippen molar-refractivity contribution in [3.05, 3.63) is 23.0 Å². The Morgan fingerprint density at radius 3 is 2.50 bits per heavy atom. The first-order valence-corrected chi connectivity index (χ1v) is 6.53. The molecule has 0 aromatic carbocycles. The second-order valence-electron chi connectivity index (χ2n) is 5.37. The molecular weight excluding hydrogens is 228 g/mol. The highest BCUT2D eigenvalue weighted by Gasteiger charge is 2.24. The van der Waals surface area contributed by atoms with Crippen LogP contribution in [0.5, 0.6) is 0 Å². The maximum absolute atomic E-state index is 12.3. The fourth-order valence-electron chi connectivity index (χ4n) is 2.72. The van der Waals surface area contributed by atoms with Gasteiger partial charge in [0, 0.05) is 30.0 Å². The number of ketones is 1. The minimum absolute atomic E-state index is 0.193. The first-order chi connectivity index (χ1) is 8.45. The highest BCUT2D eigenvalue weighted by molar-refractivity contribution is 5.98. The fraction of sp³-hybridized carbons (Fsp3) is 0.643. The van der Waals surface area contributed by atoms with Gasteiger partial charge in [0.25, 0.3) is 0 Å². The van der Waals surface area contributed by atoms with Crippen molar-refractivity contribution in [3.8, 4) is 0 Å². The molecule has 0 spiro atoms. The van der Waals surface area contributed by atoms with Gasteiger partial charge in [-0.15, -0.1) is 0 Å². The van der Waals surface area contributed by atoms with Crippen LogP contribution in [0.2, 0.25) is 0 Å². The molecule has 0 bridgehead atoms. The second kappa shape index (κ2) is 5.24. The molecule has 2 atom stereocenters. The average molecular weight is 250 g/mol. The Morgan fingerprint density at radius 2 is 2.00 bits per heavy atom. The van der Waals surface area contributed by atoms with Gasteiger partial charge in [0.05, 0.1) is 18.8 Å². The van der Waals surface area contributed by atoms with E-state index in [1.165, 1.54) is 0 Å². The molecule has 1 aliphatic heterocycles. The van der Waals surface area contributed by atoms with Crippen LogP contribution in [0.3, 0.4) is 0 Å². The van der Waals surface area contributed by atoms with Crippen LogP contribution in [-0.2, 0) is 4.74 Å². The zero-order chi connectivity index (χ0) is 13.3. The summed E-state index contributed by atoms with van der Waals surface area (Å²) >= 11 is 0. The molecule has 0 unspecified atom stereocenters. The van der Waals surface area contributed by atoms with E-state index in [-0.39, 0.29) is 18.0 Å². The Bertz CT molecular complexity index is 429. The summed E-state index contributed by atoms with van der Waals surface area (Å²) in [5, 5.41) is 0. The Hall–Kier alpha value is -1.13. The van der Waals surface area contributed by atoms with Gasteiger partial charge in [-0.25, -0.2) is 0 Å². The van der Waals surface area contributed by atoms with Crippen LogP contribution >= 0.6 is 0 Å². The summed E-state index contributed by atoms with van der Waals surface area (Å²) in [6, 6.07) is 1.94. The number of rotatable bonds is 3. The lowest BCUT2D eigenvalue weighted by molar-refractivity contribution is -0.0652. The van der Waals surface area contributed by atoms with Crippen LogP contribution in [0.4, 0.5) is 0 Å². The van der Waals surface area contributed by atoms with Gasteiger partial charge in [0.2, 0.25) is 0 Å². The third-order valence-corrected chi connectivity index (χ3v) is 3.31. The van der Waals surface area contributed by atoms with E-state index in [0.717, 1.165) is 30.0 Å². The molecule has 18 heavy (non-hydrogen) atoms. The molecule has 1 N–H and O–H groups in total. The van der Waals surface area contributed by atoms with E-state index in [2.05, 4.69) is 23.7 Å². The van der Waals surface area contributed by atoms with Crippen LogP contribution in [-0.4, -0.2) is 47.5 Å². The predicted molar refractivity (Wildman–Crippen MR) is 71.0 cm³/mol. The van der Waals surface area contributed by atoms with Crippen LogP contribution in [0.15, 0.2) is 6.07 Å². The van der Waals surface area contributed by atoms with Crippen molar-refractivity contribution >= 4 is 5.78 Å². The molecule has 1 aromatic heterocycles. The van der Waals surface area contributed by atoms with Gasteiger partial charge < -0.3 is 9.72 Å². The monoisotopic (exact) mass is 250 g/mol. The maximum Gasteiger partial charge on any atom is 0.178 e. The molecule has 1 aromatic rings. The van der Waals surface area contributed by atoms with Gasteiger partial charge in [0.1, 0.15) is 0 Å². The van der Waals surface area contributed by atoms with Crippen molar-refractivity contribution in [1.29, 1.82) is 0 Å². The fourth-order valence-corrected chi connectivity index (χ4v) is 2.72. The summed E-state index contributed by atoms with van der Waals surface area (Å²) in [5.41, 5.74) is 2.82. The maximum atomic E-state index is 12.3. The van der Waals surface area contributed by atoms with Crippen molar-refractivity contribution < 1.29 is 9.53 Å². The number of hydrogen-bond donors (Lipinski definition) is 1. The van der Waals surface area contributed by atoms with E-state index < -0.39 is 0 Å². The molecule has 0 radical (unpaired) electrons. The summed E-state index contributed by atoms with van der Waals surface area (Å²) in [4.78, 5) is 17.6. The third kappa shape index (κ3) is 3.00. The van der Waals surface area contributed by atoms with Crippen molar-refractivity contribution in [2.24, 2.45) is 0 Å². The summed E-state index contributed by atoms with van der Waals surface area (Å²) in [6.07, 6.45) is 0.409. The molecule has 4 nitrogen and oxygen atoms in total. The third-order valence-electron chi connectivity index (χ3n) is 3.31. The first-order valence-electron chi connectivity index (χ1n) is 6.53. The summed E-state index contributed by atoms with van der Waals surface area (Å²) in [7, 11) is 0. The lowest BCUT2D eigenvalue weighted by Gasteiger charge is -2.34. The summed E-state index contributed by atoms with van der Waals surface area (Å²) in [5.74, 6) is 0.193. The number of morpholine rings is 1. The molecule has 1 aliphatic rings. The number of aromatic nitrogens is 1. The summed E-state index contributed by atoms with van der Waals surface area (Å²) < 4.78 is 5.67. The Kier molecular flexibility index (Phi) is 3.88. The lowest BCUT2D eigenvalue weighted by Crippen LogP contribution is -2.47. The molecular formula is C14H22N2O2. The molecule has 100 valence electrons. The number of nitrogens with zero attached hydrogens (tertiary/aromatic N) is 1. The van der Waals surface area contributed by atoms with Gasteiger partial charge in [-0.3, -0.25) is 9.69 Å². The number of H-pyrrole nitrogens is 1. The highest BCUT2D eigenvalue weighted by Crippen LogP contribution is 2.14. The first kappa shape index (κ1) is 13.3. The molecule has 2 heterocycles. The largest absolute Gasteiger partial charge is 0.373 e. The number of aromatic amines is 1. The van der Waals surface area contributed by atoms with Crippen LogP contribution in [0.25, 0.3) is 0 Å². The standard InChI is InChI=1S/C14H22N2O2/c1-9-5-13(12(4)15-9)14(17)8-16-6-10(2)18-11(3)7-16/h5,10-11,15H,6-8H2,1-4H3/t10-,11+. The van der Waals surface area contributed by atoms with E-state index in [4.69, 9.17) is 4.74 Å². The second-order valence-corrected chi connectivity index (χ2v) is 5.37. The van der Waals surface area contributed by atoms with Crippen molar-refractivity contribution in [1.82, 2.24) is 9.88 Å². The number of Topliss-reactive ketones (excluding diaryl/α,β-unsaturated/α-hetero) is 1. The zero-order valence-corrected chi connectivity index (χ0v) is 11.6. The minimum Gasteiger partial charge on any atom is -0.373 e. The molecule has 0 aliphatic carbocycles. The van der Waals surface area contributed by atoms with Gasteiger partial charge >= 0.3 is 0 Å². The van der Waals surface area contributed by atoms with Crippen LogP contribution < -0.4 is 0 Å². The van der Waals surface area contributed by atoms with E-state index in [1.807, 2.05) is 19.9 Å². The van der Waals surface area contributed by atoms with E-state index in [9.17, 15) is 4.79 Å². The minimum atomic E-state index is 0.193. The topological polar surface area (TPSA) is 45.3 Å². The number of ether oxygens (including phenoxy) is 1. The van der Waals surface area contributed by atoms with Crippen molar-refractivity contribution in [3.63, 3.8) is 0 Å². The van der Waals surface area contributed by atoms with Gasteiger partial charge in [-0.05, 0) is 33.8 Å². The molecule has 1 fully saturated rings. The Labute approximate surface area is 108 Å². The number of carbonyl (C=O) groups is 1. The Morgan fingerprint density at radius 1 is 1.39 bits per heavy atom. The van der Waals surface area contributed by atoms with Crippen LogP contribution in [0.1, 0.15) is 35.6 Å². The predicted octanol–water partition coefficient (Wildman–Crippen LogP) is 1.92. The molecule has 2 rings (SSSR count). The molecule has 0 amide bonds. The molecule has 1 saturated heterocycles. The van der Waals surface area contributed by atoms with E-state index in [1.54, 1.807) is 0 Å². The molecule has 4 heteroatoms. The van der Waals surface area contributed by atoms with Gasteiger partial charge in [-0.1, -0.05) is 0 Å². The zero-order valence-electron chi connectivity index (χ0n) is 11.6. The summed E-state index contributed by atoms with van der Waals surface area (Å²) in [6.45, 7) is 10.2. The number of hydrogen-bond acceptors (Lipinski definition) is 3. The van der Waals surface area contributed by atoms with Gasteiger partial charge in [-0.2, -0.15) is 0 Å². The number of aryl methyl sites for hydroxylation is 2. The van der Waals surface area contributed by atoms with Crippen molar-refractivity contribution in [2.45, 2.75) is 39.9 Å². The van der Waals surface area contributed by atoms with Crippen molar-refractivity contribution in [2.75, 3.05) is 19.6 Å². The number of nitrogens with one attached hydrogen (secondary N) is 1. The highest BCUT2D eigenvalue weighted by atomic mass is 16.5. The van der Waals surface area contributed by atoms with Gasteiger partial charge in [0.15, 0.2) is 5.78 Å².